The van der Waals surface area contributed by atoms with E-state index in [2.05, 4.69) is 34.5 Å². The van der Waals surface area contributed by atoms with Crippen LogP contribution in [0.5, 0.6) is 0 Å². The second-order valence-corrected chi connectivity index (χ2v) is 5.47. The summed E-state index contributed by atoms with van der Waals surface area (Å²) in [6, 6.07) is 15.3. The second-order valence-electron chi connectivity index (χ2n) is 5.47. The summed E-state index contributed by atoms with van der Waals surface area (Å²) < 4.78 is 0. The molecule has 0 aromatic heterocycles. The van der Waals surface area contributed by atoms with Crippen LogP contribution in [0.4, 0.5) is 11.4 Å². The number of nitro benzene ring substituents is 1. The van der Waals surface area contributed by atoms with Gasteiger partial charge in [-0.2, -0.15) is 0 Å². The highest BCUT2D eigenvalue weighted by molar-refractivity contribution is 5.85. The van der Waals surface area contributed by atoms with Crippen LogP contribution in [0.1, 0.15) is 11.1 Å². The maximum Gasteiger partial charge on any atom is 0.269 e. The fourth-order valence-electron chi connectivity index (χ4n) is 2.81. The third-order valence-electron chi connectivity index (χ3n) is 4.02. The molecule has 1 aliphatic rings. The summed E-state index contributed by atoms with van der Waals surface area (Å²) in [4.78, 5) is 12.7. The highest BCUT2D eigenvalue weighted by Gasteiger charge is 2.14. The fraction of sp³-hybridized carbons (Fsp3) is 0.294. The molecule has 2 aromatic carbocycles. The predicted octanol–water partition coefficient (Wildman–Crippen LogP) is 3.17. The van der Waals surface area contributed by atoms with Crippen molar-refractivity contribution in [2.45, 2.75) is 13.0 Å². The molecule has 0 bridgehead atoms. The number of rotatable bonds is 4. The summed E-state index contributed by atoms with van der Waals surface area (Å²) in [5, 5.41) is 14.1. The van der Waals surface area contributed by atoms with Crippen LogP contribution in [-0.4, -0.2) is 24.6 Å². The zero-order valence-electron chi connectivity index (χ0n) is 12.8. The largest absolute Gasteiger partial charge is 0.370 e. The van der Waals surface area contributed by atoms with E-state index in [0.29, 0.717) is 0 Å². The van der Waals surface area contributed by atoms with Crippen molar-refractivity contribution in [2.75, 3.05) is 24.5 Å². The molecule has 1 aliphatic heterocycles. The van der Waals surface area contributed by atoms with E-state index < -0.39 is 0 Å². The van der Waals surface area contributed by atoms with Crippen LogP contribution >= 0.6 is 12.4 Å². The molecular formula is C17H20ClN3O2. The van der Waals surface area contributed by atoms with Crippen molar-refractivity contribution in [1.82, 2.24) is 5.32 Å². The van der Waals surface area contributed by atoms with E-state index in [1.165, 1.54) is 11.3 Å². The Kier molecular flexibility index (Phi) is 5.96. The highest BCUT2D eigenvalue weighted by Crippen LogP contribution is 2.22. The van der Waals surface area contributed by atoms with Gasteiger partial charge in [0.1, 0.15) is 0 Å². The normalized spacial score (nSPS) is 13.7. The number of benzene rings is 2. The monoisotopic (exact) mass is 333 g/mol. The molecule has 0 aliphatic carbocycles. The van der Waals surface area contributed by atoms with Crippen LogP contribution in [0, 0.1) is 10.1 Å². The lowest BCUT2D eigenvalue weighted by molar-refractivity contribution is -0.384. The molecule has 0 amide bonds. The molecule has 0 atom stereocenters. The van der Waals surface area contributed by atoms with Crippen LogP contribution in [-0.2, 0) is 13.0 Å². The predicted molar refractivity (Wildman–Crippen MR) is 94.4 cm³/mol. The smallest absolute Gasteiger partial charge is 0.269 e. The van der Waals surface area contributed by atoms with E-state index in [1.54, 1.807) is 12.1 Å². The average molecular weight is 334 g/mol. The van der Waals surface area contributed by atoms with Gasteiger partial charge in [-0.1, -0.05) is 30.3 Å². The highest BCUT2D eigenvalue weighted by atomic mass is 35.5. The standard InChI is InChI=1S/C17H19N3O2.ClH/c21-20(22)16-7-5-14(6-8-16)9-11-19-12-10-18-13-15-3-1-2-4-17(15)19;/h1-8,18H,9-13H2;1H. The van der Waals surface area contributed by atoms with Crippen molar-refractivity contribution in [3.05, 3.63) is 69.8 Å². The first-order chi connectivity index (χ1) is 10.7. The molecular weight excluding hydrogens is 314 g/mol. The van der Waals surface area contributed by atoms with E-state index in [-0.39, 0.29) is 23.0 Å². The van der Waals surface area contributed by atoms with Gasteiger partial charge in [0, 0.05) is 44.0 Å². The first-order valence-corrected chi connectivity index (χ1v) is 7.51. The Morgan fingerprint density at radius 3 is 2.61 bits per heavy atom. The number of hydrogen-bond acceptors (Lipinski definition) is 4. The van der Waals surface area contributed by atoms with Crippen molar-refractivity contribution >= 4 is 23.8 Å². The number of halogens is 1. The molecule has 23 heavy (non-hydrogen) atoms. The van der Waals surface area contributed by atoms with Gasteiger partial charge >= 0.3 is 0 Å². The van der Waals surface area contributed by atoms with Crippen LogP contribution in [0.2, 0.25) is 0 Å². The molecule has 0 radical (unpaired) electrons. The molecule has 1 N–H and O–H groups in total. The van der Waals surface area contributed by atoms with Crippen molar-refractivity contribution in [3.63, 3.8) is 0 Å². The maximum absolute atomic E-state index is 10.7. The lowest BCUT2D eigenvalue weighted by Crippen LogP contribution is -2.30. The van der Waals surface area contributed by atoms with Crippen molar-refractivity contribution in [3.8, 4) is 0 Å². The second kappa shape index (κ2) is 7.94. The quantitative estimate of drug-likeness (QED) is 0.689. The zero-order chi connectivity index (χ0) is 15.4. The van der Waals surface area contributed by atoms with Crippen LogP contribution in [0.3, 0.4) is 0 Å². The molecule has 0 spiro atoms. The molecule has 5 nitrogen and oxygen atoms in total. The number of nitrogens with zero attached hydrogens (tertiary/aromatic N) is 2. The van der Waals surface area contributed by atoms with Crippen LogP contribution in [0.15, 0.2) is 48.5 Å². The van der Waals surface area contributed by atoms with E-state index in [4.69, 9.17) is 0 Å². The van der Waals surface area contributed by atoms with Crippen LogP contribution in [0.25, 0.3) is 0 Å². The Morgan fingerprint density at radius 2 is 1.87 bits per heavy atom. The molecule has 2 aromatic rings. The number of non-ortho nitro benzene ring substituents is 1. The van der Waals surface area contributed by atoms with Gasteiger partial charge in [0.05, 0.1) is 4.92 Å². The molecule has 0 saturated carbocycles. The van der Waals surface area contributed by atoms with Gasteiger partial charge < -0.3 is 10.2 Å². The Hall–Kier alpha value is -2.11. The number of nitro groups is 1. The molecule has 3 rings (SSSR count). The Labute approximate surface area is 141 Å². The summed E-state index contributed by atoms with van der Waals surface area (Å²) in [6.07, 6.45) is 0.881. The number of hydrogen-bond donors (Lipinski definition) is 1. The van der Waals surface area contributed by atoms with Gasteiger partial charge in [-0.15, -0.1) is 12.4 Å². The third kappa shape index (κ3) is 4.21. The maximum atomic E-state index is 10.7. The summed E-state index contributed by atoms with van der Waals surface area (Å²) in [5.41, 5.74) is 3.88. The Bertz CT molecular complexity index is 661. The third-order valence-corrected chi connectivity index (χ3v) is 4.02. The SMILES string of the molecule is Cl.O=[N+]([O-])c1ccc(CCN2CCNCc3ccccc32)cc1. The molecule has 0 fully saturated rings. The fourth-order valence-corrected chi connectivity index (χ4v) is 2.81. The minimum Gasteiger partial charge on any atom is -0.370 e. The molecule has 122 valence electrons. The lowest BCUT2D eigenvalue weighted by atomic mass is 10.1. The Balaban J connectivity index is 0.00000192. The van der Waals surface area contributed by atoms with E-state index in [1.807, 2.05) is 12.1 Å². The first-order valence-electron chi connectivity index (χ1n) is 7.51. The van der Waals surface area contributed by atoms with E-state index in [0.717, 1.165) is 38.2 Å². The van der Waals surface area contributed by atoms with E-state index >= 15 is 0 Å². The topological polar surface area (TPSA) is 58.4 Å². The van der Waals surface area contributed by atoms with Crippen LogP contribution < -0.4 is 10.2 Å². The van der Waals surface area contributed by atoms with Gasteiger partial charge in [-0.3, -0.25) is 10.1 Å². The van der Waals surface area contributed by atoms with Crippen molar-refractivity contribution in [1.29, 1.82) is 0 Å². The minimum absolute atomic E-state index is 0. The van der Waals surface area contributed by atoms with Gasteiger partial charge in [0.2, 0.25) is 0 Å². The molecule has 6 heteroatoms. The summed E-state index contributed by atoms with van der Waals surface area (Å²) in [7, 11) is 0. The number of anilines is 1. The summed E-state index contributed by atoms with van der Waals surface area (Å²) >= 11 is 0. The average Bonchev–Trinajstić information content (AvgIpc) is 2.75. The summed E-state index contributed by atoms with van der Waals surface area (Å²) in [5.74, 6) is 0. The van der Waals surface area contributed by atoms with Crippen molar-refractivity contribution < 1.29 is 4.92 Å². The molecule has 0 saturated heterocycles. The van der Waals surface area contributed by atoms with Gasteiger partial charge in [-0.05, 0) is 23.6 Å². The molecule has 1 heterocycles. The number of para-hydroxylation sites is 1. The molecule has 0 unspecified atom stereocenters. The van der Waals surface area contributed by atoms with Crippen molar-refractivity contribution in [2.24, 2.45) is 0 Å². The lowest BCUT2D eigenvalue weighted by Gasteiger charge is -2.24. The zero-order valence-corrected chi connectivity index (χ0v) is 13.6. The van der Waals surface area contributed by atoms with Gasteiger partial charge in [-0.25, -0.2) is 0 Å². The van der Waals surface area contributed by atoms with E-state index in [9.17, 15) is 10.1 Å². The summed E-state index contributed by atoms with van der Waals surface area (Å²) in [6.45, 7) is 3.76. The number of fused-ring (bicyclic) bond motifs is 1. The van der Waals surface area contributed by atoms with Gasteiger partial charge in [0.25, 0.3) is 5.69 Å². The van der Waals surface area contributed by atoms with Gasteiger partial charge in [0.15, 0.2) is 0 Å². The first kappa shape index (κ1) is 17.2. The number of nitrogens with one attached hydrogen (secondary N) is 1. The Morgan fingerprint density at radius 1 is 1.13 bits per heavy atom. The minimum atomic E-state index is -0.361.